The molecular formula is C26H49ClN2O2. The zero-order valence-corrected chi connectivity index (χ0v) is 21.2. The Balaban J connectivity index is 0. The zero-order valence-electron chi connectivity index (χ0n) is 20.4. The average molecular weight is 457 g/mol. The number of nitrogens with zero attached hydrogens (tertiary/aromatic N) is 1. The third-order valence-electron chi connectivity index (χ3n) is 5.72. The van der Waals surface area contributed by atoms with Gasteiger partial charge in [0.2, 0.25) is 5.91 Å². The van der Waals surface area contributed by atoms with Crippen molar-refractivity contribution in [2.24, 2.45) is 0 Å². The highest BCUT2D eigenvalue weighted by Gasteiger charge is 2.15. The maximum atomic E-state index is 12.0. The molecule has 0 aliphatic heterocycles. The lowest BCUT2D eigenvalue weighted by molar-refractivity contribution is -0.903. The summed E-state index contributed by atoms with van der Waals surface area (Å²) in [6.07, 6.45) is 16.3. The van der Waals surface area contributed by atoms with Crippen molar-refractivity contribution in [3.63, 3.8) is 0 Å². The Bertz CT molecular complexity index is 523. The van der Waals surface area contributed by atoms with Crippen LogP contribution in [0, 0.1) is 0 Å². The Labute approximate surface area is 198 Å². The number of unbranched alkanes of at least 4 members (excludes halogenated alkanes) is 10. The molecule has 31 heavy (non-hydrogen) atoms. The van der Waals surface area contributed by atoms with Gasteiger partial charge in [-0.1, -0.05) is 101 Å². The second kappa shape index (κ2) is 20.8. The summed E-state index contributed by atoms with van der Waals surface area (Å²) < 4.78 is 0.957. The Morgan fingerprint density at radius 3 is 1.87 bits per heavy atom. The molecule has 0 unspecified atom stereocenters. The normalized spacial score (nSPS) is 10.8. The summed E-state index contributed by atoms with van der Waals surface area (Å²) in [4.78, 5) is 12.0. The van der Waals surface area contributed by atoms with Gasteiger partial charge in [-0.3, -0.25) is 4.79 Å². The summed E-state index contributed by atoms with van der Waals surface area (Å²) in [5, 5.41) is 3.11. The molecule has 5 heteroatoms. The van der Waals surface area contributed by atoms with Gasteiger partial charge in [0.05, 0.1) is 20.6 Å². The second-order valence-electron chi connectivity index (χ2n) is 9.29. The number of quaternary nitrogens is 1. The molecule has 0 atom stereocenters. The molecule has 1 aromatic carbocycles. The molecule has 0 fully saturated rings. The molecule has 0 aliphatic carbocycles. The minimum absolute atomic E-state index is 0. The van der Waals surface area contributed by atoms with Crippen LogP contribution in [0.2, 0.25) is 0 Å². The van der Waals surface area contributed by atoms with Crippen molar-refractivity contribution in [1.82, 2.24) is 5.32 Å². The third kappa shape index (κ3) is 19.3. The predicted octanol–water partition coefficient (Wildman–Crippen LogP) is 2.65. The van der Waals surface area contributed by atoms with Crippen molar-refractivity contribution in [1.29, 1.82) is 0 Å². The molecule has 0 aromatic heterocycles. The van der Waals surface area contributed by atoms with E-state index in [0.29, 0.717) is 6.42 Å². The van der Waals surface area contributed by atoms with Crippen LogP contribution in [-0.2, 0) is 11.3 Å². The van der Waals surface area contributed by atoms with Gasteiger partial charge in [-0.15, -0.1) is 0 Å². The van der Waals surface area contributed by atoms with Gasteiger partial charge in [0, 0.05) is 24.9 Å². The number of carbonyl (C=O) groups excluding carboxylic acids is 1. The van der Waals surface area contributed by atoms with E-state index in [1.165, 1.54) is 69.8 Å². The van der Waals surface area contributed by atoms with Crippen LogP contribution >= 0.6 is 0 Å². The van der Waals surface area contributed by atoms with Crippen molar-refractivity contribution in [3.8, 4) is 0 Å². The highest BCUT2D eigenvalue weighted by atomic mass is 35.5. The fourth-order valence-electron chi connectivity index (χ4n) is 3.93. The number of carbonyl (C=O) groups is 1. The molecule has 4 nitrogen and oxygen atoms in total. The number of hydrogen-bond acceptors (Lipinski definition) is 1. The topological polar surface area (TPSA) is 60.6 Å². The first-order valence-corrected chi connectivity index (χ1v) is 12.2. The smallest absolute Gasteiger partial charge is 0.219 e. The summed E-state index contributed by atoms with van der Waals surface area (Å²) in [7, 11) is 4.53. The fourth-order valence-corrected chi connectivity index (χ4v) is 3.93. The summed E-state index contributed by atoms with van der Waals surface area (Å²) in [5.74, 6) is 0.231. The van der Waals surface area contributed by atoms with E-state index in [1.807, 2.05) is 0 Å². The van der Waals surface area contributed by atoms with Gasteiger partial charge in [0.1, 0.15) is 6.54 Å². The molecular weight excluding hydrogens is 408 g/mol. The van der Waals surface area contributed by atoms with E-state index in [-0.39, 0.29) is 23.8 Å². The molecule has 1 amide bonds. The first-order valence-electron chi connectivity index (χ1n) is 12.2. The van der Waals surface area contributed by atoms with Gasteiger partial charge >= 0.3 is 0 Å². The monoisotopic (exact) mass is 456 g/mol. The minimum atomic E-state index is 0. The van der Waals surface area contributed by atoms with Crippen molar-refractivity contribution in [3.05, 3.63) is 35.9 Å². The lowest BCUT2D eigenvalue weighted by Gasteiger charge is -2.30. The van der Waals surface area contributed by atoms with Gasteiger partial charge < -0.3 is 27.7 Å². The van der Waals surface area contributed by atoms with Crippen molar-refractivity contribution >= 4 is 5.91 Å². The average Bonchev–Trinajstić information content (AvgIpc) is 2.70. The number of rotatable bonds is 18. The zero-order chi connectivity index (χ0) is 21.2. The van der Waals surface area contributed by atoms with E-state index >= 15 is 0 Å². The van der Waals surface area contributed by atoms with Crippen LogP contribution in [0.5, 0.6) is 0 Å². The molecule has 3 N–H and O–H groups in total. The van der Waals surface area contributed by atoms with E-state index in [4.69, 9.17) is 0 Å². The van der Waals surface area contributed by atoms with Crippen molar-refractivity contribution in [2.75, 3.05) is 27.2 Å². The third-order valence-corrected chi connectivity index (χ3v) is 5.72. The van der Waals surface area contributed by atoms with E-state index in [2.05, 4.69) is 56.7 Å². The maximum absolute atomic E-state index is 12.0. The van der Waals surface area contributed by atoms with E-state index < -0.39 is 0 Å². The summed E-state index contributed by atoms with van der Waals surface area (Å²) in [6.45, 7) is 5.18. The SMILES string of the molecule is CCCCCCCCCCCCCC(=O)NCCC[N+](C)(C)Cc1ccccc1.O.[Cl-]. The van der Waals surface area contributed by atoms with E-state index in [9.17, 15) is 4.79 Å². The number of amides is 1. The number of benzene rings is 1. The van der Waals surface area contributed by atoms with Gasteiger partial charge in [-0.05, 0) is 6.42 Å². The van der Waals surface area contributed by atoms with Gasteiger partial charge in [0.15, 0.2) is 0 Å². The first-order chi connectivity index (χ1) is 14.0. The molecule has 0 radical (unpaired) electrons. The molecule has 0 spiro atoms. The van der Waals surface area contributed by atoms with Gasteiger partial charge in [-0.25, -0.2) is 0 Å². The molecule has 182 valence electrons. The van der Waals surface area contributed by atoms with Crippen LogP contribution in [0.15, 0.2) is 30.3 Å². The highest BCUT2D eigenvalue weighted by Crippen LogP contribution is 2.12. The number of nitrogens with one attached hydrogen (secondary N) is 1. The second-order valence-corrected chi connectivity index (χ2v) is 9.29. The predicted molar refractivity (Wildman–Crippen MR) is 129 cm³/mol. The Morgan fingerprint density at radius 2 is 1.32 bits per heavy atom. The number of hydrogen-bond donors (Lipinski definition) is 1. The summed E-state index contributed by atoms with van der Waals surface area (Å²) >= 11 is 0. The van der Waals surface area contributed by atoms with Crippen LogP contribution in [-0.4, -0.2) is 43.1 Å². The molecule has 1 rings (SSSR count). The molecule has 0 saturated heterocycles. The first kappa shape index (κ1) is 32.1. The van der Waals surface area contributed by atoms with E-state index in [0.717, 1.165) is 37.0 Å². The van der Waals surface area contributed by atoms with Crippen LogP contribution < -0.4 is 17.7 Å². The summed E-state index contributed by atoms with van der Waals surface area (Å²) in [6, 6.07) is 10.6. The van der Waals surface area contributed by atoms with Gasteiger partial charge in [0.25, 0.3) is 0 Å². The number of halogens is 1. The lowest BCUT2D eigenvalue weighted by atomic mass is 10.1. The minimum Gasteiger partial charge on any atom is -1.00 e. The van der Waals surface area contributed by atoms with Crippen LogP contribution in [0.4, 0.5) is 0 Å². The van der Waals surface area contributed by atoms with Crippen LogP contribution in [0.1, 0.15) is 96.0 Å². The molecule has 0 aliphatic rings. The van der Waals surface area contributed by atoms with Crippen LogP contribution in [0.3, 0.4) is 0 Å². The maximum Gasteiger partial charge on any atom is 0.219 e. The van der Waals surface area contributed by atoms with Crippen LogP contribution in [0.25, 0.3) is 0 Å². The van der Waals surface area contributed by atoms with Gasteiger partial charge in [-0.2, -0.15) is 0 Å². The Kier molecular flexibility index (Phi) is 21.5. The Hall–Kier alpha value is -1.10. The standard InChI is InChI=1S/C26H46N2O.ClH.H2O/c1-4-5-6-7-8-9-10-11-12-13-17-21-26(29)27-22-18-23-28(2,3)24-25-19-15-14-16-20-25;;/h14-16,19-20H,4-13,17-18,21-24H2,1-3H3;1H;1H2. The molecule has 0 heterocycles. The summed E-state index contributed by atoms with van der Waals surface area (Å²) in [5.41, 5.74) is 1.37. The molecule has 1 aromatic rings. The fraction of sp³-hybridized carbons (Fsp3) is 0.731. The van der Waals surface area contributed by atoms with Crippen molar-refractivity contribution in [2.45, 2.75) is 96.9 Å². The van der Waals surface area contributed by atoms with Crippen molar-refractivity contribution < 1.29 is 27.2 Å². The van der Waals surface area contributed by atoms with E-state index in [1.54, 1.807) is 0 Å². The quantitative estimate of drug-likeness (QED) is 0.268. The Morgan fingerprint density at radius 1 is 0.806 bits per heavy atom. The highest BCUT2D eigenvalue weighted by molar-refractivity contribution is 5.75. The molecule has 0 saturated carbocycles. The molecule has 0 bridgehead atoms. The largest absolute Gasteiger partial charge is 1.00 e. The lowest BCUT2D eigenvalue weighted by Crippen LogP contribution is -3.00.